The van der Waals surface area contributed by atoms with Gasteiger partial charge < -0.3 is 14.6 Å². The summed E-state index contributed by atoms with van der Waals surface area (Å²) in [5.41, 5.74) is -0.0680. The second kappa shape index (κ2) is 8.04. The Balaban J connectivity index is 3.16. The van der Waals surface area contributed by atoms with E-state index in [1.54, 1.807) is 17.0 Å². The predicted molar refractivity (Wildman–Crippen MR) is 82.1 cm³/mol. The van der Waals surface area contributed by atoms with Crippen molar-refractivity contribution < 1.29 is 5.11 Å². The van der Waals surface area contributed by atoms with E-state index < -0.39 is 0 Å². The first kappa shape index (κ1) is 16.7. The quantitative estimate of drug-likeness (QED) is 0.790. The van der Waals surface area contributed by atoms with Crippen LogP contribution >= 0.6 is 0 Å². The highest BCUT2D eigenvalue weighted by molar-refractivity contribution is 5.37. The fourth-order valence-corrected chi connectivity index (χ4v) is 2.47. The highest BCUT2D eigenvalue weighted by Gasteiger charge is 2.20. The van der Waals surface area contributed by atoms with Gasteiger partial charge in [-0.25, -0.2) is 4.98 Å². The second-order valence-corrected chi connectivity index (χ2v) is 5.49. The van der Waals surface area contributed by atoms with E-state index in [1.165, 1.54) is 0 Å². The summed E-state index contributed by atoms with van der Waals surface area (Å²) in [6.07, 6.45) is 5.26. The van der Waals surface area contributed by atoms with Gasteiger partial charge in [0, 0.05) is 31.5 Å². The Hall–Kier alpha value is -1.36. The minimum Gasteiger partial charge on any atom is -0.395 e. The zero-order valence-electron chi connectivity index (χ0n) is 13.0. The van der Waals surface area contributed by atoms with Crippen LogP contribution in [0.1, 0.15) is 40.5 Å². The van der Waals surface area contributed by atoms with E-state index >= 15 is 0 Å². The summed E-state index contributed by atoms with van der Waals surface area (Å²) in [5.74, 6) is 0.860. The fourth-order valence-electron chi connectivity index (χ4n) is 2.47. The average molecular weight is 281 g/mol. The molecule has 1 rings (SSSR count). The molecule has 0 unspecified atom stereocenters. The molecular weight excluding hydrogens is 254 g/mol. The average Bonchev–Trinajstić information content (AvgIpc) is 2.41. The van der Waals surface area contributed by atoms with Crippen LogP contribution in [0.15, 0.2) is 17.2 Å². The highest BCUT2D eigenvalue weighted by Crippen LogP contribution is 2.14. The first-order valence-corrected chi connectivity index (χ1v) is 7.48. The molecule has 20 heavy (non-hydrogen) atoms. The first-order valence-electron chi connectivity index (χ1n) is 7.48. The monoisotopic (exact) mass is 281 g/mol. The number of aliphatic hydroxyl groups excluding tert-OH is 1. The molecular formula is C15H27N3O2. The zero-order valence-corrected chi connectivity index (χ0v) is 13.0. The molecule has 5 heteroatoms. The van der Waals surface area contributed by atoms with Crippen LogP contribution in [0.4, 0.5) is 5.82 Å². The maximum atomic E-state index is 12.5. The number of rotatable bonds is 8. The van der Waals surface area contributed by atoms with Gasteiger partial charge in [-0.2, -0.15) is 0 Å². The van der Waals surface area contributed by atoms with Crippen LogP contribution in [0.3, 0.4) is 0 Å². The van der Waals surface area contributed by atoms with Crippen LogP contribution < -0.4 is 10.5 Å². The van der Waals surface area contributed by atoms with E-state index in [0.717, 1.165) is 12.8 Å². The first-order chi connectivity index (χ1) is 9.54. The van der Waals surface area contributed by atoms with Crippen molar-refractivity contribution >= 4 is 5.82 Å². The van der Waals surface area contributed by atoms with Gasteiger partial charge in [0.15, 0.2) is 5.82 Å². The Bertz CT molecular complexity index is 453. The molecule has 0 fully saturated rings. The van der Waals surface area contributed by atoms with Gasteiger partial charge in [-0.15, -0.1) is 0 Å². The normalized spacial score (nSPS) is 11.3. The van der Waals surface area contributed by atoms with Gasteiger partial charge in [0.25, 0.3) is 5.56 Å². The number of nitrogens with zero attached hydrogens (tertiary/aromatic N) is 3. The third-order valence-corrected chi connectivity index (χ3v) is 3.45. The van der Waals surface area contributed by atoms with Gasteiger partial charge in [-0.1, -0.05) is 27.7 Å². The minimum absolute atomic E-state index is 0.0245. The lowest BCUT2D eigenvalue weighted by atomic mass is 10.1. The van der Waals surface area contributed by atoms with Crippen LogP contribution in [0.25, 0.3) is 0 Å². The number of hydrogen-bond acceptors (Lipinski definition) is 4. The Morgan fingerprint density at radius 1 is 1.35 bits per heavy atom. The van der Waals surface area contributed by atoms with E-state index in [0.29, 0.717) is 24.8 Å². The molecule has 1 N–H and O–H groups in total. The molecule has 1 aromatic heterocycles. The molecule has 0 radical (unpaired) electrons. The van der Waals surface area contributed by atoms with Crippen molar-refractivity contribution in [3.63, 3.8) is 0 Å². The summed E-state index contributed by atoms with van der Waals surface area (Å²) >= 11 is 0. The van der Waals surface area contributed by atoms with Crippen molar-refractivity contribution in [2.75, 3.05) is 18.1 Å². The molecule has 5 nitrogen and oxygen atoms in total. The van der Waals surface area contributed by atoms with Crippen LogP contribution in [0.5, 0.6) is 0 Å². The van der Waals surface area contributed by atoms with Crippen LogP contribution in [0.2, 0.25) is 0 Å². The Labute approximate surface area is 121 Å². The molecule has 1 aromatic rings. The van der Waals surface area contributed by atoms with Gasteiger partial charge >= 0.3 is 0 Å². The maximum Gasteiger partial charge on any atom is 0.293 e. The zero-order chi connectivity index (χ0) is 15.1. The largest absolute Gasteiger partial charge is 0.395 e. The SMILES string of the molecule is CCC(CC)N(CCO)c1nccn(CC(C)C)c1=O. The Kier molecular flexibility index (Phi) is 6.71. The molecule has 0 saturated heterocycles. The van der Waals surface area contributed by atoms with Gasteiger partial charge in [0.2, 0.25) is 0 Å². The molecule has 0 saturated carbocycles. The summed E-state index contributed by atoms with van der Waals surface area (Å²) in [5, 5.41) is 9.27. The standard InChI is InChI=1S/C15H27N3O2/c1-5-13(6-2)18(9-10-19)14-15(20)17(8-7-16-14)11-12(3)4/h7-8,12-13,19H,5-6,9-11H2,1-4H3. The summed E-state index contributed by atoms with van der Waals surface area (Å²) in [4.78, 5) is 18.7. The number of hydrogen-bond donors (Lipinski definition) is 1. The lowest BCUT2D eigenvalue weighted by Gasteiger charge is -2.30. The Morgan fingerprint density at radius 2 is 2.00 bits per heavy atom. The van der Waals surface area contributed by atoms with Gasteiger partial charge in [-0.3, -0.25) is 4.79 Å². The summed E-state index contributed by atoms with van der Waals surface area (Å²) in [7, 11) is 0. The Morgan fingerprint density at radius 3 is 2.50 bits per heavy atom. The van der Waals surface area contributed by atoms with E-state index in [-0.39, 0.29) is 18.2 Å². The molecule has 0 aliphatic heterocycles. The minimum atomic E-state index is -0.0680. The lowest BCUT2D eigenvalue weighted by Crippen LogP contribution is -2.42. The van der Waals surface area contributed by atoms with Crippen molar-refractivity contribution in [2.45, 2.75) is 53.1 Å². The van der Waals surface area contributed by atoms with E-state index in [4.69, 9.17) is 0 Å². The third kappa shape index (κ3) is 4.07. The molecule has 0 aliphatic carbocycles. The lowest BCUT2D eigenvalue weighted by molar-refractivity contribution is 0.295. The van der Waals surface area contributed by atoms with Crippen molar-refractivity contribution in [3.8, 4) is 0 Å². The predicted octanol–water partition coefficient (Wildman–Crippen LogP) is 1.89. The highest BCUT2D eigenvalue weighted by atomic mass is 16.3. The van der Waals surface area contributed by atoms with Gasteiger partial charge in [-0.05, 0) is 18.8 Å². The van der Waals surface area contributed by atoms with Gasteiger partial charge in [0.05, 0.1) is 6.61 Å². The van der Waals surface area contributed by atoms with Crippen LogP contribution in [-0.4, -0.2) is 33.9 Å². The maximum absolute atomic E-state index is 12.5. The topological polar surface area (TPSA) is 58.4 Å². The summed E-state index contributed by atoms with van der Waals surface area (Å²) in [6.45, 7) is 9.50. The molecule has 0 aromatic carbocycles. The smallest absolute Gasteiger partial charge is 0.293 e. The van der Waals surface area contributed by atoms with Crippen molar-refractivity contribution in [1.29, 1.82) is 0 Å². The second-order valence-electron chi connectivity index (χ2n) is 5.49. The van der Waals surface area contributed by atoms with E-state index in [2.05, 4.69) is 32.7 Å². The molecule has 0 spiro atoms. The van der Waals surface area contributed by atoms with Crippen molar-refractivity contribution in [1.82, 2.24) is 9.55 Å². The summed E-state index contributed by atoms with van der Waals surface area (Å²) in [6, 6.07) is 0.234. The molecule has 0 bridgehead atoms. The van der Waals surface area contributed by atoms with Crippen LogP contribution in [0, 0.1) is 5.92 Å². The van der Waals surface area contributed by atoms with Gasteiger partial charge in [0.1, 0.15) is 0 Å². The molecule has 1 heterocycles. The van der Waals surface area contributed by atoms with Crippen LogP contribution in [-0.2, 0) is 6.54 Å². The van der Waals surface area contributed by atoms with Crippen molar-refractivity contribution in [2.24, 2.45) is 5.92 Å². The van der Waals surface area contributed by atoms with Crippen molar-refractivity contribution in [3.05, 3.63) is 22.7 Å². The number of aliphatic hydroxyl groups is 1. The fraction of sp³-hybridized carbons (Fsp3) is 0.733. The number of anilines is 1. The van der Waals surface area contributed by atoms with E-state index in [9.17, 15) is 9.90 Å². The number of aromatic nitrogens is 2. The molecule has 0 aliphatic rings. The van der Waals surface area contributed by atoms with E-state index in [1.807, 2.05) is 4.90 Å². The summed E-state index contributed by atoms with van der Waals surface area (Å²) < 4.78 is 1.71. The third-order valence-electron chi connectivity index (χ3n) is 3.45. The molecule has 0 amide bonds. The molecule has 114 valence electrons. The molecule has 0 atom stereocenters.